The average molecular weight is 237 g/mol. The van der Waals surface area contributed by atoms with Gasteiger partial charge in [-0.2, -0.15) is 0 Å². The zero-order chi connectivity index (χ0) is 12.5. The Balaban J connectivity index is 2.26. The molecule has 0 spiro atoms. The van der Waals surface area contributed by atoms with Crippen LogP contribution in [-0.4, -0.2) is 18.9 Å². The summed E-state index contributed by atoms with van der Waals surface area (Å²) in [6.45, 7) is 5.36. The van der Waals surface area contributed by atoms with Gasteiger partial charge in [-0.1, -0.05) is 36.4 Å². The maximum atomic E-state index is 12.2. The minimum Gasteiger partial charge on any atom is -0.367 e. The summed E-state index contributed by atoms with van der Waals surface area (Å²) in [5.74, 6) is 0.252. The van der Waals surface area contributed by atoms with Crippen LogP contribution in [0.1, 0.15) is 16.8 Å². The van der Waals surface area contributed by atoms with Crippen LogP contribution < -0.4 is 4.90 Å². The monoisotopic (exact) mass is 237 g/mol. The molecule has 18 heavy (non-hydrogen) atoms. The molecule has 0 saturated heterocycles. The first-order valence-electron chi connectivity index (χ1n) is 6.22. The molecule has 0 saturated carbocycles. The van der Waals surface area contributed by atoms with Gasteiger partial charge in [-0.05, 0) is 16.8 Å². The van der Waals surface area contributed by atoms with Gasteiger partial charge in [-0.25, -0.2) is 0 Å². The Morgan fingerprint density at radius 1 is 1.22 bits per heavy atom. The van der Waals surface area contributed by atoms with Gasteiger partial charge in [-0.15, -0.1) is 6.58 Å². The third kappa shape index (κ3) is 1.61. The molecule has 3 rings (SSSR count). The van der Waals surface area contributed by atoms with Crippen molar-refractivity contribution in [3.63, 3.8) is 0 Å². The molecule has 90 valence electrons. The Morgan fingerprint density at radius 3 is 2.89 bits per heavy atom. The van der Waals surface area contributed by atoms with Crippen molar-refractivity contribution >= 4 is 22.2 Å². The second kappa shape index (κ2) is 4.30. The van der Waals surface area contributed by atoms with Crippen molar-refractivity contribution in [2.75, 3.05) is 18.0 Å². The van der Waals surface area contributed by atoms with E-state index in [0.717, 1.165) is 35.1 Å². The van der Waals surface area contributed by atoms with Crippen molar-refractivity contribution in [3.8, 4) is 0 Å². The normalized spacial score (nSPS) is 14.7. The SMILES string of the molecule is C=CCN1CCC(=O)c2c1ccc1ccccc21. The fourth-order valence-electron chi connectivity index (χ4n) is 2.64. The molecule has 2 heteroatoms. The number of Topliss-reactive ketones (excluding diaryl/α,β-unsaturated/α-hetero) is 1. The zero-order valence-electron chi connectivity index (χ0n) is 10.2. The van der Waals surface area contributed by atoms with Gasteiger partial charge in [0.25, 0.3) is 0 Å². The lowest BCUT2D eigenvalue weighted by molar-refractivity contribution is 0.0982. The van der Waals surface area contributed by atoms with Gasteiger partial charge in [-0.3, -0.25) is 4.79 Å². The Bertz CT molecular complexity index is 630. The van der Waals surface area contributed by atoms with Crippen molar-refractivity contribution in [2.45, 2.75) is 6.42 Å². The number of ketones is 1. The largest absolute Gasteiger partial charge is 0.367 e. The van der Waals surface area contributed by atoms with E-state index in [9.17, 15) is 4.79 Å². The van der Waals surface area contributed by atoms with Crippen molar-refractivity contribution in [1.29, 1.82) is 0 Å². The maximum absolute atomic E-state index is 12.2. The molecule has 0 aromatic heterocycles. The second-order valence-electron chi connectivity index (χ2n) is 4.59. The molecule has 2 aromatic carbocycles. The summed E-state index contributed by atoms with van der Waals surface area (Å²) in [4.78, 5) is 14.4. The number of carbonyl (C=O) groups excluding carboxylic acids is 1. The molecule has 1 aliphatic heterocycles. The van der Waals surface area contributed by atoms with Crippen molar-refractivity contribution in [3.05, 3.63) is 54.6 Å². The van der Waals surface area contributed by atoms with Crippen LogP contribution >= 0.6 is 0 Å². The number of hydrogen-bond acceptors (Lipinski definition) is 2. The van der Waals surface area contributed by atoms with Crippen LogP contribution in [0.5, 0.6) is 0 Å². The molecule has 2 aromatic rings. The van der Waals surface area contributed by atoms with Gasteiger partial charge in [0.1, 0.15) is 0 Å². The predicted octanol–water partition coefficient (Wildman–Crippen LogP) is 3.42. The number of hydrogen-bond donors (Lipinski definition) is 0. The highest BCUT2D eigenvalue weighted by Crippen LogP contribution is 2.33. The molecule has 0 N–H and O–H groups in total. The molecule has 0 amide bonds. The van der Waals surface area contributed by atoms with Gasteiger partial charge < -0.3 is 4.90 Å². The lowest BCUT2D eigenvalue weighted by Gasteiger charge is -2.30. The first kappa shape index (κ1) is 11.0. The average Bonchev–Trinajstić information content (AvgIpc) is 2.41. The standard InChI is InChI=1S/C16H15NO/c1-2-10-17-11-9-15(18)16-13-6-4-3-5-12(13)7-8-14(16)17/h2-8H,1,9-11H2. The van der Waals surface area contributed by atoms with Gasteiger partial charge in [0.05, 0.1) is 0 Å². The first-order valence-corrected chi connectivity index (χ1v) is 6.22. The van der Waals surface area contributed by atoms with E-state index in [0.29, 0.717) is 6.42 Å². The summed E-state index contributed by atoms with van der Waals surface area (Å²) in [7, 11) is 0. The summed E-state index contributed by atoms with van der Waals surface area (Å²) in [5.41, 5.74) is 1.92. The van der Waals surface area contributed by atoms with Crippen molar-refractivity contribution < 1.29 is 4.79 Å². The third-order valence-corrected chi connectivity index (χ3v) is 3.48. The Morgan fingerprint density at radius 2 is 2.06 bits per heavy atom. The van der Waals surface area contributed by atoms with E-state index in [1.807, 2.05) is 24.3 Å². The fraction of sp³-hybridized carbons (Fsp3) is 0.188. The van der Waals surface area contributed by atoms with E-state index >= 15 is 0 Å². The molecule has 1 aliphatic rings. The number of anilines is 1. The smallest absolute Gasteiger partial charge is 0.167 e. The Labute approximate surface area is 107 Å². The fourth-order valence-corrected chi connectivity index (χ4v) is 2.64. The molecule has 0 aliphatic carbocycles. The molecule has 0 fully saturated rings. The molecular weight excluding hydrogens is 222 g/mol. The van der Waals surface area contributed by atoms with E-state index in [4.69, 9.17) is 0 Å². The minimum atomic E-state index is 0.252. The van der Waals surface area contributed by atoms with E-state index in [-0.39, 0.29) is 5.78 Å². The second-order valence-corrected chi connectivity index (χ2v) is 4.59. The van der Waals surface area contributed by atoms with E-state index in [2.05, 4.69) is 29.7 Å². The molecule has 0 bridgehead atoms. The third-order valence-electron chi connectivity index (χ3n) is 3.48. The topological polar surface area (TPSA) is 20.3 Å². The number of rotatable bonds is 2. The number of benzene rings is 2. The Hall–Kier alpha value is -2.09. The molecule has 0 atom stereocenters. The minimum absolute atomic E-state index is 0.252. The highest BCUT2D eigenvalue weighted by Gasteiger charge is 2.24. The lowest BCUT2D eigenvalue weighted by Crippen LogP contribution is -2.32. The highest BCUT2D eigenvalue weighted by atomic mass is 16.1. The van der Waals surface area contributed by atoms with Crippen molar-refractivity contribution in [2.24, 2.45) is 0 Å². The first-order chi connectivity index (χ1) is 8.81. The van der Waals surface area contributed by atoms with Gasteiger partial charge in [0, 0.05) is 30.8 Å². The van der Waals surface area contributed by atoms with Crippen LogP contribution in [0.4, 0.5) is 5.69 Å². The van der Waals surface area contributed by atoms with Crippen LogP contribution in [0.25, 0.3) is 10.8 Å². The van der Waals surface area contributed by atoms with Crippen LogP contribution in [0.2, 0.25) is 0 Å². The summed E-state index contributed by atoms with van der Waals surface area (Å²) in [6, 6.07) is 12.2. The molecular formula is C16H15NO. The summed E-state index contributed by atoms with van der Waals surface area (Å²) >= 11 is 0. The van der Waals surface area contributed by atoms with E-state index < -0.39 is 0 Å². The van der Waals surface area contributed by atoms with Crippen LogP contribution in [0.15, 0.2) is 49.1 Å². The quantitative estimate of drug-likeness (QED) is 0.746. The Kier molecular flexibility index (Phi) is 2.63. The molecule has 0 radical (unpaired) electrons. The summed E-state index contributed by atoms with van der Waals surface area (Å²) in [5, 5.41) is 2.19. The maximum Gasteiger partial charge on any atom is 0.167 e. The van der Waals surface area contributed by atoms with Gasteiger partial charge in [0.2, 0.25) is 0 Å². The van der Waals surface area contributed by atoms with Crippen LogP contribution in [0.3, 0.4) is 0 Å². The highest BCUT2D eigenvalue weighted by molar-refractivity contribution is 6.14. The lowest BCUT2D eigenvalue weighted by atomic mass is 9.94. The molecule has 0 unspecified atom stereocenters. The predicted molar refractivity (Wildman–Crippen MR) is 75.3 cm³/mol. The van der Waals surface area contributed by atoms with Crippen molar-refractivity contribution in [1.82, 2.24) is 0 Å². The molecule has 1 heterocycles. The number of carbonyl (C=O) groups is 1. The molecule has 2 nitrogen and oxygen atoms in total. The summed E-state index contributed by atoms with van der Waals surface area (Å²) in [6.07, 6.45) is 2.48. The zero-order valence-corrected chi connectivity index (χ0v) is 10.2. The summed E-state index contributed by atoms with van der Waals surface area (Å²) < 4.78 is 0. The van der Waals surface area contributed by atoms with E-state index in [1.54, 1.807) is 0 Å². The number of nitrogens with zero attached hydrogens (tertiary/aromatic N) is 1. The number of fused-ring (bicyclic) bond motifs is 3. The van der Waals surface area contributed by atoms with Gasteiger partial charge >= 0.3 is 0 Å². The van der Waals surface area contributed by atoms with Gasteiger partial charge in [0.15, 0.2) is 5.78 Å². The van der Waals surface area contributed by atoms with Crippen LogP contribution in [0, 0.1) is 0 Å². The van der Waals surface area contributed by atoms with E-state index in [1.165, 1.54) is 0 Å². The van der Waals surface area contributed by atoms with Crippen LogP contribution in [-0.2, 0) is 0 Å².